The molecule has 1 N–H and O–H groups in total. The second kappa shape index (κ2) is 6.45. The molecule has 0 fully saturated rings. The number of sulfonamides is 1. The third-order valence-electron chi connectivity index (χ3n) is 3.88. The first kappa shape index (κ1) is 16.8. The van der Waals surface area contributed by atoms with Crippen LogP contribution in [-0.4, -0.2) is 20.9 Å². The number of nitrogens with zero attached hydrogens (tertiary/aromatic N) is 1. The second-order valence-corrected chi connectivity index (χ2v) is 7.91. The van der Waals surface area contributed by atoms with Gasteiger partial charge in [0.15, 0.2) is 0 Å². The molecule has 5 nitrogen and oxygen atoms in total. The van der Waals surface area contributed by atoms with Gasteiger partial charge >= 0.3 is 0 Å². The first-order chi connectivity index (χ1) is 11.3. The Bertz CT molecular complexity index is 896. The molecule has 0 aliphatic carbocycles. The van der Waals surface area contributed by atoms with Crippen molar-refractivity contribution in [2.24, 2.45) is 0 Å². The highest BCUT2D eigenvalue weighted by atomic mass is 35.5. The zero-order valence-electron chi connectivity index (χ0n) is 13.1. The van der Waals surface area contributed by atoms with Gasteiger partial charge in [-0.15, -0.1) is 0 Å². The fraction of sp³-hybridized carbons (Fsp3) is 0.235. The Morgan fingerprint density at radius 2 is 2.04 bits per heavy atom. The van der Waals surface area contributed by atoms with Crippen LogP contribution in [0.4, 0.5) is 11.4 Å². The van der Waals surface area contributed by atoms with Crippen molar-refractivity contribution in [2.45, 2.75) is 19.1 Å². The van der Waals surface area contributed by atoms with Gasteiger partial charge < -0.3 is 4.90 Å². The lowest BCUT2D eigenvalue weighted by molar-refractivity contribution is -0.116. The summed E-state index contributed by atoms with van der Waals surface area (Å²) in [4.78, 5) is 13.3. The van der Waals surface area contributed by atoms with Crippen LogP contribution in [0.3, 0.4) is 0 Å². The number of amides is 1. The molecule has 0 radical (unpaired) electrons. The molecule has 0 saturated carbocycles. The van der Waals surface area contributed by atoms with Gasteiger partial charge in [-0.25, -0.2) is 8.42 Å². The number of halogens is 1. The highest BCUT2D eigenvalue weighted by Gasteiger charge is 2.23. The lowest BCUT2D eigenvalue weighted by Gasteiger charge is -2.16. The van der Waals surface area contributed by atoms with E-state index in [1.807, 2.05) is 6.07 Å². The fourth-order valence-electron chi connectivity index (χ4n) is 2.83. The topological polar surface area (TPSA) is 66.5 Å². The van der Waals surface area contributed by atoms with E-state index in [0.29, 0.717) is 22.8 Å². The molecule has 3 rings (SSSR count). The summed E-state index contributed by atoms with van der Waals surface area (Å²) < 4.78 is 27.3. The molecule has 1 aliphatic heterocycles. The van der Waals surface area contributed by atoms with Crippen molar-refractivity contribution in [3.8, 4) is 0 Å². The van der Waals surface area contributed by atoms with Crippen LogP contribution in [-0.2, 0) is 27.0 Å². The summed E-state index contributed by atoms with van der Waals surface area (Å²) in [6.07, 6.45) is 0.782. The minimum absolute atomic E-state index is 0.0484. The van der Waals surface area contributed by atoms with Crippen molar-refractivity contribution >= 4 is 38.9 Å². The molecule has 7 heteroatoms. The van der Waals surface area contributed by atoms with Gasteiger partial charge in [-0.3, -0.25) is 9.52 Å². The summed E-state index contributed by atoms with van der Waals surface area (Å²) in [6.45, 7) is 2.13. The average Bonchev–Trinajstić information content (AvgIpc) is 2.89. The van der Waals surface area contributed by atoms with Crippen LogP contribution in [0.15, 0.2) is 42.5 Å². The van der Waals surface area contributed by atoms with Gasteiger partial charge in [0.1, 0.15) is 0 Å². The Morgan fingerprint density at radius 3 is 2.75 bits per heavy atom. The maximum Gasteiger partial charge on any atom is 0.236 e. The molecule has 0 unspecified atom stereocenters. The predicted molar refractivity (Wildman–Crippen MR) is 95.9 cm³/mol. The number of anilines is 2. The number of nitrogens with one attached hydrogen (secondary N) is 1. The molecule has 2 aromatic carbocycles. The van der Waals surface area contributed by atoms with E-state index >= 15 is 0 Å². The summed E-state index contributed by atoms with van der Waals surface area (Å²) in [6, 6.07) is 12.0. The van der Waals surface area contributed by atoms with Crippen molar-refractivity contribution in [1.82, 2.24) is 0 Å². The Balaban J connectivity index is 1.81. The van der Waals surface area contributed by atoms with E-state index in [1.54, 1.807) is 41.3 Å². The van der Waals surface area contributed by atoms with Gasteiger partial charge in [0.2, 0.25) is 15.9 Å². The van der Waals surface area contributed by atoms with E-state index in [9.17, 15) is 13.2 Å². The zero-order valence-corrected chi connectivity index (χ0v) is 14.7. The van der Waals surface area contributed by atoms with Crippen LogP contribution in [0.25, 0.3) is 0 Å². The number of hydrogen-bond donors (Lipinski definition) is 1. The molecule has 0 saturated heterocycles. The summed E-state index contributed by atoms with van der Waals surface area (Å²) in [5.41, 5.74) is 2.87. The van der Waals surface area contributed by atoms with Crippen molar-refractivity contribution in [3.63, 3.8) is 0 Å². The van der Waals surface area contributed by atoms with Crippen molar-refractivity contribution in [1.29, 1.82) is 0 Å². The molecule has 0 aromatic heterocycles. The Morgan fingerprint density at radius 1 is 1.25 bits per heavy atom. The third-order valence-corrected chi connectivity index (χ3v) is 5.38. The highest BCUT2D eigenvalue weighted by molar-refractivity contribution is 7.91. The number of fused-ring (bicyclic) bond motifs is 1. The summed E-state index contributed by atoms with van der Waals surface area (Å²) in [7, 11) is -3.57. The van der Waals surface area contributed by atoms with Gasteiger partial charge in [0.25, 0.3) is 0 Å². The number of hydrogen-bond acceptors (Lipinski definition) is 3. The number of benzene rings is 2. The molecule has 0 atom stereocenters. The largest absolute Gasteiger partial charge is 0.312 e. The monoisotopic (exact) mass is 364 g/mol. The Hall–Kier alpha value is -2.05. The van der Waals surface area contributed by atoms with Gasteiger partial charge in [-0.05, 0) is 41.8 Å². The minimum Gasteiger partial charge on any atom is -0.312 e. The number of carbonyl (C=O) groups is 1. The normalized spacial score (nSPS) is 13.7. The first-order valence-electron chi connectivity index (χ1n) is 7.50. The van der Waals surface area contributed by atoms with E-state index < -0.39 is 10.0 Å². The van der Waals surface area contributed by atoms with E-state index in [4.69, 9.17) is 11.6 Å². The van der Waals surface area contributed by atoms with Gasteiger partial charge in [-0.2, -0.15) is 0 Å². The van der Waals surface area contributed by atoms with E-state index in [-0.39, 0.29) is 11.7 Å². The van der Waals surface area contributed by atoms with E-state index in [2.05, 4.69) is 4.72 Å². The molecule has 1 amide bonds. The van der Waals surface area contributed by atoms with Gasteiger partial charge in [0, 0.05) is 24.2 Å². The SMILES string of the molecule is CC(=O)N1CCc2ccc(NS(=O)(=O)Cc3cccc(Cl)c3)cc21. The van der Waals surface area contributed by atoms with E-state index in [0.717, 1.165) is 17.7 Å². The van der Waals surface area contributed by atoms with Crippen LogP contribution in [0.1, 0.15) is 18.1 Å². The molecule has 126 valence electrons. The minimum atomic E-state index is -3.57. The molecule has 0 spiro atoms. The van der Waals surface area contributed by atoms with Crippen molar-refractivity contribution < 1.29 is 13.2 Å². The Kier molecular flexibility index (Phi) is 4.51. The number of carbonyl (C=O) groups excluding carboxylic acids is 1. The van der Waals surface area contributed by atoms with Crippen molar-refractivity contribution in [2.75, 3.05) is 16.2 Å². The maximum absolute atomic E-state index is 12.4. The van der Waals surface area contributed by atoms with Crippen LogP contribution >= 0.6 is 11.6 Å². The molecule has 24 heavy (non-hydrogen) atoms. The number of rotatable bonds is 4. The standard InChI is InChI=1S/C17H17ClN2O3S/c1-12(21)20-8-7-14-5-6-16(10-17(14)20)19-24(22,23)11-13-3-2-4-15(18)9-13/h2-6,9-10,19H,7-8,11H2,1H3. The van der Waals surface area contributed by atoms with Crippen LogP contribution < -0.4 is 9.62 Å². The third kappa shape index (κ3) is 3.71. The zero-order chi connectivity index (χ0) is 17.3. The quantitative estimate of drug-likeness (QED) is 0.906. The molecule has 2 aromatic rings. The molecule has 0 bridgehead atoms. The predicted octanol–water partition coefficient (Wildman–Crippen LogP) is 3.19. The van der Waals surface area contributed by atoms with Crippen LogP contribution in [0.5, 0.6) is 0 Å². The summed E-state index contributed by atoms with van der Waals surface area (Å²) in [5, 5.41) is 0.498. The average molecular weight is 365 g/mol. The van der Waals surface area contributed by atoms with Crippen molar-refractivity contribution in [3.05, 3.63) is 58.6 Å². The lowest BCUT2D eigenvalue weighted by Crippen LogP contribution is -2.25. The lowest BCUT2D eigenvalue weighted by atomic mass is 10.1. The smallest absolute Gasteiger partial charge is 0.236 e. The molecule has 1 aliphatic rings. The summed E-state index contributed by atoms with van der Waals surface area (Å²) >= 11 is 5.89. The van der Waals surface area contributed by atoms with E-state index in [1.165, 1.54) is 6.92 Å². The maximum atomic E-state index is 12.4. The first-order valence-corrected chi connectivity index (χ1v) is 9.53. The fourth-order valence-corrected chi connectivity index (χ4v) is 4.22. The van der Waals surface area contributed by atoms with Crippen LogP contribution in [0, 0.1) is 0 Å². The Labute approximate surface area is 146 Å². The highest BCUT2D eigenvalue weighted by Crippen LogP contribution is 2.31. The van der Waals surface area contributed by atoms with Gasteiger partial charge in [-0.1, -0.05) is 29.8 Å². The molecular formula is C17H17ClN2O3S. The molecular weight excluding hydrogens is 348 g/mol. The van der Waals surface area contributed by atoms with Crippen LogP contribution in [0.2, 0.25) is 5.02 Å². The van der Waals surface area contributed by atoms with Gasteiger partial charge in [0.05, 0.1) is 11.4 Å². The molecule has 1 heterocycles. The second-order valence-electron chi connectivity index (χ2n) is 5.76. The summed E-state index contributed by atoms with van der Waals surface area (Å²) in [5.74, 6) is -0.214.